The number of rotatable bonds is 12. The molecule has 0 fully saturated rings. The van der Waals surface area contributed by atoms with Crippen LogP contribution in [0.5, 0.6) is 0 Å². The number of hydrogen-bond acceptors (Lipinski definition) is 6. The predicted octanol–water partition coefficient (Wildman–Crippen LogP) is 0.0235. The fourth-order valence-corrected chi connectivity index (χ4v) is 3.61. The summed E-state index contributed by atoms with van der Waals surface area (Å²) in [5.74, 6) is -3.65. The second kappa shape index (κ2) is 12.3. The lowest BCUT2D eigenvalue weighted by atomic mass is 9.97. The van der Waals surface area contributed by atoms with Crippen LogP contribution in [-0.2, 0) is 25.6 Å². The van der Waals surface area contributed by atoms with Crippen molar-refractivity contribution in [2.75, 3.05) is 0 Å². The van der Waals surface area contributed by atoms with E-state index in [1.54, 1.807) is 13.1 Å². The first-order valence-corrected chi connectivity index (χ1v) is 11.6. The summed E-state index contributed by atoms with van der Waals surface area (Å²) in [7, 11) is 0. The Labute approximate surface area is 203 Å². The van der Waals surface area contributed by atoms with Gasteiger partial charge in [-0.05, 0) is 37.8 Å². The van der Waals surface area contributed by atoms with E-state index in [1.807, 2.05) is 31.2 Å². The molecule has 0 saturated heterocycles. The zero-order chi connectivity index (χ0) is 26.3. The average Bonchev–Trinajstić information content (AvgIpc) is 3.22. The normalized spacial score (nSPS) is 16.4. The number of para-hydroxylation sites is 1. The van der Waals surface area contributed by atoms with Gasteiger partial charge in [-0.2, -0.15) is 0 Å². The van der Waals surface area contributed by atoms with Crippen molar-refractivity contribution < 1.29 is 29.4 Å². The molecule has 8 N–H and O–H groups in total. The summed E-state index contributed by atoms with van der Waals surface area (Å²) >= 11 is 0. The summed E-state index contributed by atoms with van der Waals surface area (Å²) in [6.07, 6.45) is 1.21. The molecule has 6 atom stereocenters. The number of aliphatic hydroxyl groups excluding tert-OH is 1. The highest BCUT2D eigenvalue weighted by Gasteiger charge is 2.33. The van der Waals surface area contributed by atoms with Gasteiger partial charge in [-0.3, -0.25) is 19.2 Å². The van der Waals surface area contributed by atoms with Crippen molar-refractivity contribution in [3.63, 3.8) is 0 Å². The van der Waals surface area contributed by atoms with Crippen LogP contribution in [0.15, 0.2) is 30.5 Å². The van der Waals surface area contributed by atoms with E-state index in [4.69, 9.17) is 10.8 Å². The van der Waals surface area contributed by atoms with Crippen LogP contribution in [0.2, 0.25) is 0 Å². The molecule has 3 amide bonds. The third-order valence-electron chi connectivity index (χ3n) is 6.04. The van der Waals surface area contributed by atoms with Crippen LogP contribution >= 0.6 is 0 Å². The van der Waals surface area contributed by atoms with Gasteiger partial charge in [0.15, 0.2) is 0 Å². The number of aromatic nitrogens is 1. The van der Waals surface area contributed by atoms with Crippen LogP contribution in [0, 0.1) is 5.92 Å². The number of carbonyl (C=O) groups excluding carboxylic acids is 3. The Morgan fingerprint density at radius 2 is 1.57 bits per heavy atom. The number of hydrogen-bond donors (Lipinski definition) is 7. The van der Waals surface area contributed by atoms with Crippen LogP contribution in [0.1, 0.15) is 39.7 Å². The van der Waals surface area contributed by atoms with Crippen LogP contribution in [-0.4, -0.2) is 69.2 Å². The second-order valence-corrected chi connectivity index (χ2v) is 8.84. The molecule has 0 radical (unpaired) electrons. The van der Waals surface area contributed by atoms with Crippen molar-refractivity contribution >= 4 is 34.6 Å². The number of amides is 3. The van der Waals surface area contributed by atoms with Crippen LogP contribution in [0.3, 0.4) is 0 Å². The molecule has 2 rings (SSSR count). The smallest absolute Gasteiger partial charge is 0.325 e. The van der Waals surface area contributed by atoms with Gasteiger partial charge in [0.05, 0.1) is 12.1 Å². The van der Waals surface area contributed by atoms with Gasteiger partial charge in [-0.1, -0.05) is 38.5 Å². The quantitative estimate of drug-likeness (QED) is 0.219. The van der Waals surface area contributed by atoms with Crippen LogP contribution < -0.4 is 21.7 Å². The fraction of sp³-hybridized carbons (Fsp3) is 0.500. The molecule has 11 nitrogen and oxygen atoms in total. The standard InChI is InChI=1S/C24H35N5O6/c1-5-12(2)19(22(32)27-13(3)24(34)35)28-23(33)20(14(4)30)29-21(31)17(25)10-15-11-26-18-9-7-6-8-16(15)18/h6-9,11-14,17,19-20,26,30H,5,10,25H2,1-4H3,(H,27,32)(H,28,33)(H,29,31)(H,34,35). The summed E-state index contributed by atoms with van der Waals surface area (Å²) in [5, 5.41) is 27.5. The molecule has 0 aliphatic heterocycles. The molecule has 192 valence electrons. The fourth-order valence-electron chi connectivity index (χ4n) is 3.61. The summed E-state index contributed by atoms with van der Waals surface area (Å²) in [6.45, 7) is 6.18. The van der Waals surface area contributed by atoms with E-state index < -0.39 is 54.0 Å². The first kappa shape index (κ1) is 27.8. The van der Waals surface area contributed by atoms with Crippen LogP contribution in [0.25, 0.3) is 10.9 Å². The minimum Gasteiger partial charge on any atom is -0.480 e. The number of aromatic amines is 1. The minimum absolute atomic E-state index is 0.203. The van der Waals surface area contributed by atoms with Crippen molar-refractivity contribution in [1.29, 1.82) is 0 Å². The lowest BCUT2D eigenvalue weighted by Crippen LogP contribution is -2.60. The summed E-state index contributed by atoms with van der Waals surface area (Å²) in [6, 6.07) is 2.99. The lowest BCUT2D eigenvalue weighted by molar-refractivity contribution is -0.142. The first-order valence-electron chi connectivity index (χ1n) is 11.6. The Balaban J connectivity index is 2.09. The Hall–Kier alpha value is -3.44. The molecule has 0 bridgehead atoms. The second-order valence-electron chi connectivity index (χ2n) is 8.84. The highest BCUT2D eigenvalue weighted by atomic mass is 16.4. The van der Waals surface area contributed by atoms with E-state index in [-0.39, 0.29) is 12.3 Å². The molecule has 0 spiro atoms. The molecule has 2 aromatic rings. The maximum Gasteiger partial charge on any atom is 0.325 e. The van der Waals surface area contributed by atoms with Gasteiger partial charge in [0, 0.05) is 17.1 Å². The van der Waals surface area contributed by atoms with Crippen molar-refractivity contribution in [3.05, 3.63) is 36.0 Å². The average molecular weight is 490 g/mol. The maximum absolute atomic E-state index is 13.0. The van der Waals surface area contributed by atoms with E-state index in [0.29, 0.717) is 6.42 Å². The van der Waals surface area contributed by atoms with Crippen molar-refractivity contribution in [3.8, 4) is 0 Å². The zero-order valence-corrected chi connectivity index (χ0v) is 20.4. The predicted molar refractivity (Wildman–Crippen MR) is 130 cm³/mol. The minimum atomic E-state index is -1.37. The number of H-pyrrole nitrogens is 1. The number of fused-ring (bicyclic) bond motifs is 1. The summed E-state index contributed by atoms with van der Waals surface area (Å²) < 4.78 is 0. The number of nitrogens with two attached hydrogens (primary N) is 1. The molecule has 6 unspecified atom stereocenters. The van der Waals surface area contributed by atoms with Gasteiger partial charge in [-0.15, -0.1) is 0 Å². The Kier molecular flexibility index (Phi) is 9.78. The third kappa shape index (κ3) is 7.27. The summed E-state index contributed by atoms with van der Waals surface area (Å²) in [5.41, 5.74) is 7.83. The molecule has 1 aromatic heterocycles. The Morgan fingerprint density at radius 1 is 0.971 bits per heavy atom. The van der Waals surface area contributed by atoms with Crippen molar-refractivity contribution in [2.45, 2.75) is 70.8 Å². The highest BCUT2D eigenvalue weighted by molar-refractivity contribution is 5.94. The monoisotopic (exact) mass is 489 g/mol. The maximum atomic E-state index is 13.0. The van der Waals surface area contributed by atoms with Gasteiger partial charge >= 0.3 is 5.97 Å². The van der Waals surface area contributed by atoms with Gasteiger partial charge in [0.25, 0.3) is 0 Å². The lowest BCUT2D eigenvalue weighted by Gasteiger charge is -2.28. The van der Waals surface area contributed by atoms with E-state index in [2.05, 4.69) is 20.9 Å². The molecular formula is C24H35N5O6. The number of carbonyl (C=O) groups is 4. The molecular weight excluding hydrogens is 454 g/mol. The Morgan fingerprint density at radius 3 is 2.17 bits per heavy atom. The summed E-state index contributed by atoms with van der Waals surface area (Å²) in [4.78, 5) is 52.6. The number of benzene rings is 1. The number of aliphatic hydroxyl groups is 1. The number of carboxylic acid groups (broad SMARTS) is 1. The number of aliphatic carboxylic acids is 1. The molecule has 35 heavy (non-hydrogen) atoms. The van der Waals surface area contributed by atoms with Crippen LogP contribution in [0.4, 0.5) is 0 Å². The largest absolute Gasteiger partial charge is 0.480 e. The highest BCUT2D eigenvalue weighted by Crippen LogP contribution is 2.19. The van der Waals surface area contributed by atoms with Gasteiger partial charge in [0.2, 0.25) is 17.7 Å². The molecule has 11 heteroatoms. The molecule has 0 aliphatic rings. The molecule has 0 aliphatic carbocycles. The van der Waals surface area contributed by atoms with Gasteiger partial charge < -0.3 is 36.9 Å². The number of carboxylic acids is 1. The topological polar surface area (TPSA) is 187 Å². The molecule has 1 heterocycles. The van der Waals surface area contributed by atoms with E-state index >= 15 is 0 Å². The first-order chi connectivity index (χ1) is 16.5. The van der Waals surface area contributed by atoms with Crippen molar-refractivity contribution in [1.82, 2.24) is 20.9 Å². The van der Waals surface area contributed by atoms with E-state index in [9.17, 15) is 24.3 Å². The molecule has 0 saturated carbocycles. The Bertz CT molecular complexity index is 1050. The third-order valence-corrected chi connectivity index (χ3v) is 6.04. The SMILES string of the molecule is CCC(C)C(NC(=O)C(NC(=O)C(N)Cc1c[nH]c2ccccc12)C(C)O)C(=O)NC(C)C(=O)O. The van der Waals surface area contributed by atoms with Gasteiger partial charge in [-0.25, -0.2) is 0 Å². The van der Waals surface area contributed by atoms with E-state index in [0.717, 1.165) is 16.5 Å². The number of nitrogens with one attached hydrogen (secondary N) is 4. The van der Waals surface area contributed by atoms with Crippen molar-refractivity contribution in [2.24, 2.45) is 11.7 Å². The molecule has 1 aromatic carbocycles. The zero-order valence-electron chi connectivity index (χ0n) is 20.4. The van der Waals surface area contributed by atoms with E-state index in [1.165, 1.54) is 13.8 Å². The van der Waals surface area contributed by atoms with Gasteiger partial charge in [0.1, 0.15) is 18.1 Å².